The normalized spacial score (nSPS) is 22.5. The van der Waals surface area contributed by atoms with E-state index >= 15 is 0 Å². The first-order valence-electron chi connectivity index (χ1n) is 12.4. The van der Waals surface area contributed by atoms with Crippen LogP contribution in [0.2, 0.25) is 0 Å². The van der Waals surface area contributed by atoms with Crippen LogP contribution in [0.4, 0.5) is 4.79 Å². The summed E-state index contributed by atoms with van der Waals surface area (Å²) < 4.78 is 61.2. The van der Waals surface area contributed by atoms with E-state index in [0.717, 1.165) is 21.2 Å². The molecule has 0 spiro atoms. The first-order valence-corrected chi connectivity index (χ1v) is 15.4. The van der Waals surface area contributed by atoms with Gasteiger partial charge in [-0.2, -0.15) is 0 Å². The van der Waals surface area contributed by atoms with Crippen molar-refractivity contribution in [3.8, 4) is 0 Å². The highest BCUT2D eigenvalue weighted by Crippen LogP contribution is 2.44. The molecular weight excluding hydrogens is 530 g/mol. The molecule has 6 rings (SSSR count). The Labute approximate surface area is 220 Å². The zero-order chi connectivity index (χ0) is 26.8. The minimum atomic E-state index is -3.86. The molecule has 0 radical (unpaired) electrons. The number of sulfonamides is 1. The number of hydrogen-bond donors (Lipinski definition) is 0. The third-order valence-corrected chi connectivity index (χ3v) is 11.2. The van der Waals surface area contributed by atoms with Gasteiger partial charge in [-0.05, 0) is 49.8 Å². The third kappa shape index (κ3) is 3.95. The van der Waals surface area contributed by atoms with E-state index in [9.17, 15) is 21.6 Å². The molecule has 1 aliphatic heterocycles. The maximum Gasteiger partial charge on any atom is 0.423 e. The quantitative estimate of drug-likeness (QED) is 0.353. The predicted octanol–water partition coefficient (Wildman–Crippen LogP) is 3.14. The van der Waals surface area contributed by atoms with Crippen LogP contribution in [0.3, 0.4) is 0 Å². The summed E-state index contributed by atoms with van der Waals surface area (Å²) in [4.78, 5) is 21.1. The van der Waals surface area contributed by atoms with E-state index in [1.54, 1.807) is 42.7 Å². The molecule has 38 heavy (non-hydrogen) atoms. The zero-order valence-corrected chi connectivity index (χ0v) is 22.5. The molecular formula is C25H27N5O6S2. The van der Waals surface area contributed by atoms with Crippen molar-refractivity contribution in [3.63, 3.8) is 0 Å². The number of aromatic nitrogens is 4. The van der Waals surface area contributed by atoms with Crippen molar-refractivity contribution in [2.75, 3.05) is 18.9 Å². The molecule has 0 unspecified atom stereocenters. The Morgan fingerprint density at radius 3 is 2.47 bits per heavy atom. The molecule has 3 atom stereocenters. The Morgan fingerprint density at radius 1 is 1.03 bits per heavy atom. The second-order valence-electron chi connectivity index (χ2n) is 10.2. The van der Waals surface area contributed by atoms with Crippen LogP contribution in [-0.4, -0.2) is 64.5 Å². The molecule has 4 aromatic rings. The van der Waals surface area contributed by atoms with Gasteiger partial charge in [-0.1, -0.05) is 24.6 Å². The molecule has 0 bridgehead atoms. The molecule has 3 aromatic heterocycles. The van der Waals surface area contributed by atoms with E-state index in [4.69, 9.17) is 4.74 Å². The molecule has 1 aromatic carbocycles. The third-order valence-electron chi connectivity index (χ3n) is 7.58. The Bertz CT molecular complexity index is 1780. The van der Waals surface area contributed by atoms with Crippen molar-refractivity contribution >= 4 is 42.8 Å². The molecule has 200 valence electrons. The van der Waals surface area contributed by atoms with Crippen LogP contribution in [0.1, 0.15) is 37.1 Å². The lowest BCUT2D eigenvalue weighted by molar-refractivity contribution is 0.170. The number of ether oxygens (including phenoxy) is 1. The SMILES string of the molecule is Cc1ccc(S(=O)(=O)n2ccc3c2ncc2cnc([C@H]4C[C@@H](CS(=O)(=O)N5CCOC5=O)C[C@H]4C)n23)cc1. The van der Waals surface area contributed by atoms with Gasteiger partial charge in [0.1, 0.15) is 12.4 Å². The first kappa shape index (κ1) is 24.9. The van der Waals surface area contributed by atoms with Crippen LogP contribution in [-0.2, 0) is 24.8 Å². The fourth-order valence-corrected chi connectivity index (χ4v) is 8.70. The number of benzene rings is 1. The van der Waals surface area contributed by atoms with Crippen LogP contribution in [0, 0.1) is 18.8 Å². The summed E-state index contributed by atoms with van der Waals surface area (Å²) in [6, 6.07) is 8.38. The molecule has 1 saturated carbocycles. The van der Waals surface area contributed by atoms with Crippen molar-refractivity contribution in [2.45, 2.75) is 37.5 Å². The minimum absolute atomic E-state index is 0.0469. The second-order valence-corrected chi connectivity index (χ2v) is 13.9. The topological polar surface area (TPSA) is 133 Å². The number of fused-ring (bicyclic) bond motifs is 3. The van der Waals surface area contributed by atoms with Crippen molar-refractivity contribution in [2.24, 2.45) is 11.8 Å². The van der Waals surface area contributed by atoms with Gasteiger partial charge in [-0.15, -0.1) is 0 Å². The number of imidazole rings is 1. The molecule has 1 saturated heterocycles. The summed E-state index contributed by atoms with van der Waals surface area (Å²) in [6.07, 6.45) is 5.23. The Hall–Kier alpha value is -3.45. The maximum atomic E-state index is 13.4. The van der Waals surface area contributed by atoms with E-state index in [2.05, 4.69) is 16.9 Å². The summed E-state index contributed by atoms with van der Waals surface area (Å²) in [6.45, 7) is 4.08. The van der Waals surface area contributed by atoms with Gasteiger partial charge in [0.2, 0.25) is 10.0 Å². The number of carbonyl (C=O) groups is 1. The van der Waals surface area contributed by atoms with Crippen LogP contribution in [0.5, 0.6) is 0 Å². The predicted molar refractivity (Wildman–Crippen MR) is 139 cm³/mol. The smallest absolute Gasteiger partial charge is 0.423 e. The van der Waals surface area contributed by atoms with E-state index in [-0.39, 0.29) is 47.2 Å². The van der Waals surface area contributed by atoms with Gasteiger partial charge in [0.05, 0.1) is 40.6 Å². The lowest BCUT2D eigenvalue weighted by atomic mass is 9.97. The molecule has 0 N–H and O–H groups in total. The standard InChI is InChI=1S/C25H27N5O6S2/c1-16-3-5-20(6-4-16)38(34,35)28-8-7-22-24(28)27-14-19-13-26-23(30(19)22)21-12-18(11-17(21)2)15-37(32,33)29-9-10-36-25(29)31/h3-8,13-14,17-18,21H,9-12,15H2,1-2H3/t17-,18+,21+/m1/s1. The summed E-state index contributed by atoms with van der Waals surface area (Å²) in [7, 11) is -7.64. The van der Waals surface area contributed by atoms with Gasteiger partial charge in [0, 0.05) is 12.1 Å². The largest absolute Gasteiger partial charge is 0.447 e. The van der Waals surface area contributed by atoms with Gasteiger partial charge in [0.25, 0.3) is 10.0 Å². The number of carbonyl (C=O) groups excluding carboxylic acids is 1. The van der Waals surface area contributed by atoms with Crippen LogP contribution in [0.25, 0.3) is 16.7 Å². The Morgan fingerprint density at radius 2 is 1.76 bits per heavy atom. The van der Waals surface area contributed by atoms with Crippen molar-refractivity contribution in [1.82, 2.24) is 22.6 Å². The van der Waals surface area contributed by atoms with Crippen molar-refractivity contribution in [1.29, 1.82) is 0 Å². The van der Waals surface area contributed by atoms with Crippen molar-refractivity contribution in [3.05, 3.63) is 60.3 Å². The van der Waals surface area contributed by atoms with Crippen LogP contribution < -0.4 is 0 Å². The number of rotatable bonds is 6. The average molecular weight is 558 g/mol. The summed E-state index contributed by atoms with van der Waals surface area (Å²) in [5, 5.41) is 0. The molecule has 11 nitrogen and oxygen atoms in total. The summed E-state index contributed by atoms with van der Waals surface area (Å²) >= 11 is 0. The molecule has 1 aliphatic carbocycles. The summed E-state index contributed by atoms with van der Waals surface area (Å²) in [5.74, 6) is 0.545. The van der Waals surface area contributed by atoms with Gasteiger partial charge in [0.15, 0.2) is 5.65 Å². The first-order chi connectivity index (χ1) is 18.1. The minimum Gasteiger partial charge on any atom is -0.447 e. The molecule has 2 aliphatic rings. The fourth-order valence-electron chi connectivity index (χ4n) is 5.73. The van der Waals surface area contributed by atoms with Gasteiger partial charge >= 0.3 is 6.09 Å². The fraction of sp³-hybridized carbons (Fsp3) is 0.400. The second kappa shape index (κ2) is 8.80. The Balaban J connectivity index is 1.34. The highest BCUT2D eigenvalue weighted by molar-refractivity contribution is 7.90. The molecule has 13 heteroatoms. The van der Waals surface area contributed by atoms with E-state index in [0.29, 0.717) is 18.4 Å². The van der Waals surface area contributed by atoms with Crippen LogP contribution in [0.15, 0.2) is 53.8 Å². The maximum absolute atomic E-state index is 13.4. The molecule has 4 heterocycles. The Kier molecular flexibility index (Phi) is 5.76. The monoisotopic (exact) mass is 557 g/mol. The van der Waals surface area contributed by atoms with Gasteiger partial charge < -0.3 is 4.74 Å². The number of nitrogens with zero attached hydrogens (tertiary/aromatic N) is 5. The van der Waals surface area contributed by atoms with E-state index in [1.165, 1.54) is 10.2 Å². The number of cyclic esters (lactones) is 1. The van der Waals surface area contributed by atoms with Gasteiger partial charge in [-0.3, -0.25) is 4.40 Å². The van der Waals surface area contributed by atoms with Crippen LogP contribution >= 0.6 is 0 Å². The summed E-state index contributed by atoms with van der Waals surface area (Å²) in [5.41, 5.74) is 2.57. The van der Waals surface area contributed by atoms with E-state index in [1.807, 2.05) is 11.3 Å². The number of aryl methyl sites for hydroxylation is 1. The van der Waals surface area contributed by atoms with E-state index < -0.39 is 26.1 Å². The lowest BCUT2D eigenvalue weighted by Crippen LogP contribution is -2.35. The van der Waals surface area contributed by atoms with Gasteiger partial charge in [-0.25, -0.2) is 39.9 Å². The average Bonchev–Trinajstić information content (AvgIpc) is 3.64. The molecule has 1 amide bonds. The highest BCUT2D eigenvalue weighted by Gasteiger charge is 2.41. The zero-order valence-electron chi connectivity index (χ0n) is 20.9. The van der Waals surface area contributed by atoms with Crippen molar-refractivity contribution < 1.29 is 26.4 Å². The molecule has 2 fully saturated rings. The number of amides is 1. The number of hydrogen-bond acceptors (Lipinski definition) is 8. The highest BCUT2D eigenvalue weighted by atomic mass is 32.2. The lowest BCUT2D eigenvalue weighted by Gasteiger charge is -2.17.